The van der Waals surface area contributed by atoms with Crippen LogP contribution in [0.4, 0.5) is 0 Å². The van der Waals surface area contributed by atoms with Crippen molar-refractivity contribution < 1.29 is 22.3 Å². The molecule has 0 bridgehead atoms. The van der Waals surface area contributed by atoms with Crippen LogP contribution in [0, 0.1) is 58.2 Å². The van der Waals surface area contributed by atoms with Gasteiger partial charge in [0.15, 0.2) is 0 Å². The molecule has 0 aromatic carbocycles. The fourth-order valence-corrected chi connectivity index (χ4v) is 12.5. The highest BCUT2D eigenvalue weighted by atomic mass is 32.3. The third kappa shape index (κ3) is 11.1. The van der Waals surface area contributed by atoms with Crippen LogP contribution in [0.3, 0.4) is 0 Å². The van der Waals surface area contributed by atoms with E-state index in [9.17, 15) is 18.1 Å². The largest absolute Gasteiger partial charge is 0.397 e. The van der Waals surface area contributed by atoms with Crippen LogP contribution in [0.2, 0.25) is 0 Å². The first-order valence-corrected chi connectivity index (χ1v) is 22.1. The third-order valence-corrected chi connectivity index (χ3v) is 15.2. The molecule has 4 fully saturated rings. The van der Waals surface area contributed by atoms with Gasteiger partial charge in [0, 0.05) is 0 Å². The molecule has 4 aliphatic carbocycles. The maximum Gasteiger partial charge on any atom is 0.397 e. The molecular weight excluding hydrogens is 635 g/mol. The van der Waals surface area contributed by atoms with Gasteiger partial charge in [-0.3, -0.25) is 4.55 Å². The average Bonchev–Trinajstić information content (AvgIpc) is 3.40. The fraction of sp³-hybridized carbons (Fsp3) is 1.00. The Hall–Kier alpha value is -0.290. The molecule has 8 nitrogen and oxygen atoms in total. The van der Waals surface area contributed by atoms with Gasteiger partial charge in [0.1, 0.15) is 0 Å². The maximum absolute atomic E-state index is 11.9. The first-order valence-electron chi connectivity index (χ1n) is 20.8. The fourth-order valence-electron chi connectivity index (χ4n) is 11.8. The SMILES string of the molecule is CC(C)[C@@H](CC[C@@H](C)[C@H]1CC[C@H]2[C@@H]3[C@H](O)C[C@H]4CC(CCCCCCNCCCCNCCCN)CCC4(C)[C@H]3CC[C@]12C)OS(=O)(=O)O. The number of unbranched alkanes of at least 4 members (excludes halogenated alkanes) is 4. The molecule has 0 saturated heterocycles. The van der Waals surface area contributed by atoms with Crippen LogP contribution in [0.25, 0.3) is 0 Å². The van der Waals surface area contributed by atoms with Crippen molar-refractivity contribution in [2.75, 3.05) is 32.7 Å². The monoisotopic (exact) mass is 712 g/mol. The molecule has 0 radical (unpaired) electrons. The Bertz CT molecular complexity index is 1080. The van der Waals surface area contributed by atoms with Crippen molar-refractivity contribution in [3.8, 4) is 0 Å². The minimum absolute atomic E-state index is 0.0189. The van der Waals surface area contributed by atoms with Crippen LogP contribution < -0.4 is 16.4 Å². The number of nitrogens with one attached hydrogen (secondary N) is 2. The van der Waals surface area contributed by atoms with E-state index in [1.807, 2.05) is 13.8 Å². The molecule has 0 aromatic heterocycles. The van der Waals surface area contributed by atoms with Gasteiger partial charge in [0.2, 0.25) is 0 Å². The van der Waals surface area contributed by atoms with E-state index in [0.717, 1.165) is 57.9 Å². The summed E-state index contributed by atoms with van der Waals surface area (Å²) in [6, 6.07) is 0. The molecule has 0 aliphatic heterocycles. The topological polar surface area (TPSA) is 134 Å². The third-order valence-electron chi connectivity index (χ3n) is 14.7. The van der Waals surface area contributed by atoms with E-state index >= 15 is 0 Å². The minimum atomic E-state index is -4.45. The molecule has 0 spiro atoms. The van der Waals surface area contributed by atoms with Gasteiger partial charge in [-0.1, -0.05) is 60.3 Å². The van der Waals surface area contributed by atoms with E-state index in [1.165, 1.54) is 89.9 Å². The Morgan fingerprint density at radius 1 is 0.796 bits per heavy atom. The Morgan fingerprint density at radius 3 is 2.06 bits per heavy atom. The summed E-state index contributed by atoms with van der Waals surface area (Å²) >= 11 is 0. The van der Waals surface area contributed by atoms with Crippen molar-refractivity contribution >= 4 is 10.4 Å². The van der Waals surface area contributed by atoms with Crippen LogP contribution >= 0.6 is 0 Å². The van der Waals surface area contributed by atoms with Gasteiger partial charge in [0.05, 0.1) is 12.2 Å². The van der Waals surface area contributed by atoms with Crippen LogP contribution in [0.5, 0.6) is 0 Å². The number of hydrogen-bond donors (Lipinski definition) is 5. The first kappa shape index (κ1) is 41.5. The summed E-state index contributed by atoms with van der Waals surface area (Å²) in [4.78, 5) is 0. The summed E-state index contributed by atoms with van der Waals surface area (Å²) in [6.07, 6.45) is 21.1. The maximum atomic E-state index is 11.9. The zero-order valence-electron chi connectivity index (χ0n) is 32.1. The number of nitrogens with two attached hydrogens (primary N) is 1. The Morgan fingerprint density at radius 2 is 1.41 bits per heavy atom. The van der Waals surface area contributed by atoms with Crippen LogP contribution in [-0.2, 0) is 14.6 Å². The van der Waals surface area contributed by atoms with Gasteiger partial charge in [-0.15, -0.1) is 0 Å². The number of fused-ring (bicyclic) bond motifs is 5. The highest BCUT2D eigenvalue weighted by Gasteiger charge is 2.62. The van der Waals surface area contributed by atoms with E-state index in [2.05, 4.69) is 31.4 Å². The van der Waals surface area contributed by atoms with Crippen molar-refractivity contribution in [2.24, 2.45) is 63.9 Å². The first-order chi connectivity index (χ1) is 23.3. The van der Waals surface area contributed by atoms with E-state index in [-0.39, 0.29) is 17.4 Å². The van der Waals surface area contributed by atoms with Crippen LogP contribution in [0.15, 0.2) is 0 Å². The molecule has 288 valence electrons. The van der Waals surface area contributed by atoms with Gasteiger partial charge in [-0.25, -0.2) is 4.18 Å². The van der Waals surface area contributed by atoms with Crippen molar-refractivity contribution in [3.63, 3.8) is 0 Å². The van der Waals surface area contributed by atoms with Crippen LogP contribution in [-0.4, -0.2) is 63.0 Å². The lowest BCUT2D eigenvalue weighted by Crippen LogP contribution is -2.58. The molecule has 4 aliphatic rings. The number of aliphatic hydroxyl groups excluding tert-OH is 1. The average molecular weight is 712 g/mol. The van der Waals surface area contributed by atoms with Gasteiger partial charge in [0.25, 0.3) is 0 Å². The van der Waals surface area contributed by atoms with Gasteiger partial charge in [-0.2, -0.15) is 8.42 Å². The summed E-state index contributed by atoms with van der Waals surface area (Å²) < 4.78 is 37.2. The lowest BCUT2D eigenvalue weighted by Gasteiger charge is -2.62. The number of hydrogen-bond acceptors (Lipinski definition) is 7. The predicted octanol–water partition coefficient (Wildman–Crippen LogP) is 7.75. The molecule has 0 heterocycles. The summed E-state index contributed by atoms with van der Waals surface area (Å²) in [5.74, 6) is 4.21. The second-order valence-corrected chi connectivity index (χ2v) is 19.1. The zero-order chi connectivity index (χ0) is 35.7. The number of aliphatic hydroxyl groups is 1. The van der Waals surface area contributed by atoms with Crippen LogP contribution in [0.1, 0.15) is 150 Å². The summed E-state index contributed by atoms with van der Waals surface area (Å²) in [5.41, 5.74) is 6.14. The quantitative estimate of drug-likeness (QED) is 0.0569. The molecule has 0 amide bonds. The van der Waals surface area contributed by atoms with E-state index in [1.54, 1.807) is 0 Å². The Labute approximate surface area is 301 Å². The lowest BCUT2D eigenvalue weighted by atomic mass is 9.43. The Kier molecular flexibility index (Phi) is 16.2. The molecule has 2 unspecified atom stereocenters. The second-order valence-electron chi connectivity index (χ2n) is 18.1. The van der Waals surface area contributed by atoms with Crippen molar-refractivity contribution in [1.29, 1.82) is 0 Å². The van der Waals surface area contributed by atoms with E-state index in [4.69, 9.17) is 9.92 Å². The summed E-state index contributed by atoms with van der Waals surface area (Å²) in [5, 5.41) is 19.0. The molecule has 49 heavy (non-hydrogen) atoms. The standard InChI is InChI=1S/C40H77N3O5S/c1-29(2)37(48-49(45,46)47)17-14-30(3)33-15-16-34-38-35(19-21-40(33,34)5)39(4)20-18-31(27-32(39)28-36(38)44)13-8-6-7-9-23-42-24-10-11-25-43-26-12-22-41/h29-38,42-44H,6-28,41H2,1-5H3,(H,45,46,47)/t30-,31?,32-,33-,34+,35+,36-,37-,38+,39?,40-/m1/s1. The lowest BCUT2D eigenvalue weighted by molar-refractivity contribution is -0.169. The highest BCUT2D eigenvalue weighted by molar-refractivity contribution is 7.80. The Balaban J connectivity index is 1.18. The molecule has 0 aromatic rings. The predicted molar refractivity (Wildman–Crippen MR) is 201 cm³/mol. The normalized spacial score (nSPS) is 35.9. The van der Waals surface area contributed by atoms with E-state index < -0.39 is 16.5 Å². The molecule has 11 atom stereocenters. The molecular formula is C40H77N3O5S. The smallest absolute Gasteiger partial charge is 0.393 e. The van der Waals surface area contributed by atoms with E-state index in [0.29, 0.717) is 47.3 Å². The molecule has 6 N–H and O–H groups in total. The zero-order valence-corrected chi connectivity index (χ0v) is 33.0. The molecule has 9 heteroatoms. The summed E-state index contributed by atoms with van der Waals surface area (Å²) in [6.45, 7) is 16.6. The molecule has 4 rings (SSSR count). The minimum Gasteiger partial charge on any atom is -0.393 e. The van der Waals surface area contributed by atoms with Gasteiger partial charge in [-0.05, 0) is 181 Å². The molecule has 4 saturated carbocycles. The highest BCUT2D eigenvalue weighted by Crippen LogP contribution is 2.68. The van der Waals surface area contributed by atoms with Crippen molar-refractivity contribution in [3.05, 3.63) is 0 Å². The van der Waals surface area contributed by atoms with Gasteiger partial charge < -0.3 is 21.5 Å². The second kappa shape index (κ2) is 19.2. The van der Waals surface area contributed by atoms with Crippen molar-refractivity contribution in [2.45, 2.75) is 162 Å². The van der Waals surface area contributed by atoms with Gasteiger partial charge >= 0.3 is 10.4 Å². The van der Waals surface area contributed by atoms with Crippen molar-refractivity contribution in [1.82, 2.24) is 10.6 Å². The number of rotatable bonds is 22. The summed E-state index contributed by atoms with van der Waals surface area (Å²) in [7, 11) is -4.45.